The molecular formula is C13H16N4O4S. The molecule has 0 fully saturated rings. The quantitative estimate of drug-likeness (QED) is 0.861. The van der Waals surface area contributed by atoms with Crippen LogP contribution >= 0.6 is 0 Å². The van der Waals surface area contributed by atoms with Crippen molar-refractivity contribution >= 4 is 15.9 Å². The predicted octanol–water partition coefficient (Wildman–Crippen LogP) is 0.558. The third-order valence-corrected chi connectivity index (χ3v) is 4.69. The van der Waals surface area contributed by atoms with Crippen molar-refractivity contribution in [2.75, 3.05) is 14.1 Å². The fourth-order valence-corrected chi connectivity index (χ4v) is 2.56. The fraction of sp³-hybridized carbons (Fsp3) is 0.308. The minimum atomic E-state index is -3.50. The Kier molecular flexibility index (Phi) is 4.57. The number of benzene rings is 1. The highest BCUT2D eigenvalue weighted by Crippen LogP contribution is 2.14. The highest BCUT2D eigenvalue weighted by atomic mass is 32.2. The van der Waals surface area contributed by atoms with E-state index in [0.29, 0.717) is 17.3 Å². The summed E-state index contributed by atoms with van der Waals surface area (Å²) in [6, 6.07) is 5.68. The van der Waals surface area contributed by atoms with Crippen molar-refractivity contribution in [3.63, 3.8) is 0 Å². The Hall–Kier alpha value is -2.26. The zero-order valence-corrected chi connectivity index (χ0v) is 13.2. The SMILES string of the molecule is Cc1nnc(CNC(=O)c2ccc(S(=O)(=O)N(C)C)cc2)o1. The van der Waals surface area contributed by atoms with Crippen LogP contribution in [-0.2, 0) is 16.6 Å². The van der Waals surface area contributed by atoms with E-state index in [9.17, 15) is 13.2 Å². The summed E-state index contributed by atoms with van der Waals surface area (Å²) in [7, 11) is -0.610. The lowest BCUT2D eigenvalue weighted by Gasteiger charge is -2.11. The van der Waals surface area contributed by atoms with Gasteiger partial charge in [-0.25, -0.2) is 12.7 Å². The van der Waals surface area contributed by atoms with E-state index in [-0.39, 0.29) is 17.3 Å². The molecule has 0 atom stereocenters. The Labute approximate surface area is 128 Å². The van der Waals surface area contributed by atoms with Gasteiger partial charge in [0, 0.05) is 26.6 Å². The number of nitrogens with one attached hydrogen (secondary N) is 1. The highest BCUT2D eigenvalue weighted by molar-refractivity contribution is 7.89. The molecule has 0 aliphatic heterocycles. The summed E-state index contributed by atoms with van der Waals surface area (Å²) in [6.07, 6.45) is 0. The smallest absolute Gasteiger partial charge is 0.251 e. The topological polar surface area (TPSA) is 105 Å². The monoisotopic (exact) mass is 324 g/mol. The Morgan fingerprint density at radius 1 is 1.23 bits per heavy atom. The predicted molar refractivity (Wildman–Crippen MR) is 77.5 cm³/mol. The Morgan fingerprint density at radius 3 is 2.36 bits per heavy atom. The lowest BCUT2D eigenvalue weighted by Crippen LogP contribution is -2.24. The molecule has 2 rings (SSSR count). The number of amides is 1. The molecule has 0 saturated heterocycles. The molecule has 1 aromatic carbocycles. The molecule has 0 saturated carbocycles. The first-order valence-corrected chi connectivity index (χ1v) is 7.84. The van der Waals surface area contributed by atoms with E-state index in [1.165, 1.54) is 38.4 Å². The van der Waals surface area contributed by atoms with Crippen LogP contribution in [0.4, 0.5) is 0 Å². The van der Waals surface area contributed by atoms with Crippen molar-refractivity contribution in [1.29, 1.82) is 0 Å². The largest absolute Gasteiger partial charge is 0.424 e. The van der Waals surface area contributed by atoms with E-state index < -0.39 is 10.0 Å². The minimum absolute atomic E-state index is 0.109. The molecule has 1 N–H and O–H groups in total. The van der Waals surface area contributed by atoms with Crippen LogP contribution in [0.2, 0.25) is 0 Å². The summed E-state index contributed by atoms with van der Waals surface area (Å²) in [4.78, 5) is 12.1. The fourth-order valence-electron chi connectivity index (χ4n) is 1.66. The summed E-state index contributed by atoms with van der Waals surface area (Å²) >= 11 is 0. The van der Waals surface area contributed by atoms with E-state index in [1.54, 1.807) is 6.92 Å². The normalized spacial score (nSPS) is 11.6. The first-order chi connectivity index (χ1) is 10.3. The van der Waals surface area contributed by atoms with Gasteiger partial charge in [-0.2, -0.15) is 0 Å². The number of rotatable bonds is 5. The van der Waals surface area contributed by atoms with Crippen LogP contribution < -0.4 is 5.32 Å². The summed E-state index contributed by atoms with van der Waals surface area (Å²) in [5.74, 6) is 0.366. The van der Waals surface area contributed by atoms with Gasteiger partial charge in [0.25, 0.3) is 5.91 Å². The second-order valence-electron chi connectivity index (χ2n) is 4.71. The maximum absolute atomic E-state index is 12.0. The number of carbonyl (C=O) groups is 1. The van der Waals surface area contributed by atoms with Gasteiger partial charge in [0.2, 0.25) is 21.8 Å². The number of carbonyl (C=O) groups excluding carboxylic acids is 1. The molecule has 8 nitrogen and oxygen atoms in total. The van der Waals surface area contributed by atoms with Crippen LogP contribution in [0.15, 0.2) is 33.6 Å². The van der Waals surface area contributed by atoms with E-state index in [2.05, 4.69) is 15.5 Å². The Morgan fingerprint density at radius 2 is 1.86 bits per heavy atom. The van der Waals surface area contributed by atoms with Crippen molar-refractivity contribution in [3.8, 4) is 0 Å². The van der Waals surface area contributed by atoms with Gasteiger partial charge < -0.3 is 9.73 Å². The molecule has 118 valence electrons. The van der Waals surface area contributed by atoms with Gasteiger partial charge in [-0.05, 0) is 24.3 Å². The summed E-state index contributed by atoms with van der Waals surface area (Å²) in [5.41, 5.74) is 0.342. The van der Waals surface area contributed by atoms with Crippen LogP contribution in [-0.4, -0.2) is 42.9 Å². The number of aromatic nitrogens is 2. The molecule has 1 heterocycles. The molecule has 2 aromatic rings. The summed E-state index contributed by atoms with van der Waals surface area (Å²) in [5, 5.41) is 10.0. The van der Waals surface area contributed by atoms with E-state index in [4.69, 9.17) is 4.42 Å². The lowest BCUT2D eigenvalue weighted by molar-refractivity contribution is 0.0947. The molecule has 0 aliphatic carbocycles. The van der Waals surface area contributed by atoms with E-state index in [0.717, 1.165) is 4.31 Å². The van der Waals surface area contributed by atoms with Gasteiger partial charge in [0.15, 0.2) is 0 Å². The third-order valence-electron chi connectivity index (χ3n) is 2.86. The van der Waals surface area contributed by atoms with Gasteiger partial charge in [-0.1, -0.05) is 0 Å². The van der Waals surface area contributed by atoms with Crippen LogP contribution in [0.1, 0.15) is 22.1 Å². The summed E-state index contributed by atoms with van der Waals surface area (Å²) < 4.78 is 30.1. The zero-order chi connectivity index (χ0) is 16.3. The van der Waals surface area contributed by atoms with Gasteiger partial charge in [-0.3, -0.25) is 4.79 Å². The standard InChI is InChI=1S/C13H16N4O4S/c1-9-15-16-12(21-9)8-14-13(18)10-4-6-11(7-5-10)22(19,20)17(2)3/h4-7H,8H2,1-3H3,(H,14,18). The average Bonchev–Trinajstić information content (AvgIpc) is 2.90. The molecule has 0 radical (unpaired) electrons. The van der Waals surface area contributed by atoms with Crippen molar-refractivity contribution in [3.05, 3.63) is 41.6 Å². The van der Waals surface area contributed by atoms with Crippen LogP contribution in [0.25, 0.3) is 0 Å². The van der Waals surface area contributed by atoms with Crippen molar-refractivity contribution in [2.45, 2.75) is 18.4 Å². The number of sulfonamides is 1. The molecule has 1 amide bonds. The summed E-state index contributed by atoms with van der Waals surface area (Å²) in [6.45, 7) is 1.76. The van der Waals surface area contributed by atoms with Crippen molar-refractivity contribution < 1.29 is 17.6 Å². The van der Waals surface area contributed by atoms with Crippen molar-refractivity contribution in [2.24, 2.45) is 0 Å². The van der Waals surface area contributed by atoms with Gasteiger partial charge >= 0.3 is 0 Å². The molecule has 1 aromatic heterocycles. The third kappa shape index (κ3) is 3.49. The van der Waals surface area contributed by atoms with Gasteiger partial charge in [-0.15, -0.1) is 10.2 Å². The molecule has 22 heavy (non-hydrogen) atoms. The highest BCUT2D eigenvalue weighted by Gasteiger charge is 2.17. The molecular weight excluding hydrogens is 308 g/mol. The number of aryl methyl sites for hydroxylation is 1. The van der Waals surface area contributed by atoms with E-state index >= 15 is 0 Å². The van der Waals surface area contributed by atoms with Crippen LogP contribution in [0.3, 0.4) is 0 Å². The number of hydrogen-bond donors (Lipinski definition) is 1. The van der Waals surface area contributed by atoms with Gasteiger partial charge in [0.1, 0.15) is 0 Å². The minimum Gasteiger partial charge on any atom is -0.424 e. The Balaban J connectivity index is 2.05. The average molecular weight is 324 g/mol. The molecule has 0 spiro atoms. The molecule has 0 aliphatic rings. The van der Waals surface area contributed by atoms with Crippen LogP contribution in [0, 0.1) is 6.92 Å². The second-order valence-corrected chi connectivity index (χ2v) is 6.86. The first kappa shape index (κ1) is 16.1. The molecule has 0 unspecified atom stereocenters. The van der Waals surface area contributed by atoms with Crippen molar-refractivity contribution in [1.82, 2.24) is 19.8 Å². The second kappa shape index (κ2) is 6.24. The first-order valence-electron chi connectivity index (χ1n) is 6.40. The maximum Gasteiger partial charge on any atom is 0.251 e. The van der Waals surface area contributed by atoms with Crippen LogP contribution in [0.5, 0.6) is 0 Å². The lowest BCUT2D eigenvalue weighted by atomic mass is 10.2. The number of hydrogen-bond acceptors (Lipinski definition) is 6. The molecule has 0 bridgehead atoms. The van der Waals surface area contributed by atoms with E-state index in [1.807, 2.05) is 0 Å². The zero-order valence-electron chi connectivity index (χ0n) is 12.4. The maximum atomic E-state index is 12.0. The number of nitrogens with zero attached hydrogens (tertiary/aromatic N) is 3. The van der Waals surface area contributed by atoms with Gasteiger partial charge in [0.05, 0.1) is 11.4 Å². The molecule has 9 heteroatoms. The Bertz CT molecular complexity index is 766.